The molecule has 0 N–H and O–H groups in total. The number of hydrogen-bond acceptors (Lipinski definition) is 6. The molecule has 0 aliphatic carbocycles. The van der Waals surface area contributed by atoms with E-state index in [4.69, 9.17) is 13.7 Å². The van der Waals surface area contributed by atoms with Gasteiger partial charge in [0.1, 0.15) is 6.26 Å². The lowest BCUT2D eigenvalue weighted by Gasteiger charge is -2.18. The van der Waals surface area contributed by atoms with Crippen LogP contribution in [0.4, 0.5) is 0 Å². The zero-order valence-corrected chi connectivity index (χ0v) is 12.3. The van der Waals surface area contributed by atoms with Crippen LogP contribution in [0.5, 0.6) is 0 Å². The molecule has 1 amide bonds. The average Bonchev–Trinajstić information content (AvgIpc) is 3.21. The van der Waals surface area contributed by atoms with Crippen LogP contribution in [0.3, 0.4) is 0 Å². The normalized spacial score (nSPS) is 27.3. The molecule has 7 nitrogen and oxygen atoms in total. The third kappa shape index (κ3) is 2.41. The van der Waals surface area contributed by atoms with Gasteiger partial charge in [-0.25, -0.2) is 0 Å². The highest BCUT2D eigenvalue weighted by molar-refractivity contribution is 5.94. The number of hydrogen-bond donors (Lipinski definition) is 0. The lowest BCUT2D eigenvalue weighted by Crippen LogP contribution is -2.31. The number of carbonyl (C=O) groups is 1. The predicted octanol–water partition coefficient (Wildman–Crippen LogP) is 1.44. The maximum absolute atomic E-state index is 12.3. The quantitative estimate of drug-likeness (QED) is 0.853. The smallest absolute Gasteiger partial charge is 0.257 e. The minimum atomic E-state index is 0.0100. The molecule has 0 bridgehead atoms. The summed E-state index contributed by atoms with van der Waals surface area (Å²) >= 11 is 0. The lowest BCUT2D eigenvalue weighted by molar-refractivity contribution is 0.0330. The van der Waals surface area contributed by atoms with Gasteiger partial charge in [-0.3, -0.25) is 4.79 Å². The number of amides is 1. The van der Waals surface area contributed by atoms with Gasteiger partial charge < -0.3 is 18.6 Å². The van der Waals surface area contributed by atoms with Gasteiger partial charge in [-0.1, -0.05) is 5.16 Å². The molecule has 22 heavy (non-hydrogen) atoms. The van der Waals surface area contributed by atoms with Crippen LogP contribution in [0.2, 0.25) is 0 Å². The Bertz CT molecular complexity index is 652. The number of aryl methyl sites for hydroxylation is 1. The highest BCUT2D eigenvalue weighted by Gasteiger charge is 2.44. The van der Waals surface area contributed by atoms with Crippen LogP contribution in [0.1, 0.15) is 28.5 Å². The lowest BCUT2D eigenvalue weighted by atomic mass is 10.0. The van der Waals surface area contributed by atoms with Crippen LogP contribution < -0.4 is 0 Å². The third-order valence-electron chi connectivity index (χ3n) is 4.34. The second-order valence-corrected chi connectivity index (χ2v) is 5.95. The van der Waals surface area contributed by atoms with Gasteiger partial charge in [0, 0.05) is 19.0 Å². The minimum absolute atomic E-state index is 0.0100. The topological polar surface area (TPSA) is 81.6 Å². The fourth-order valence-electron chi connectivity index (χ4n) is 3.35. The van der Waals surface area contributed by atoms with Crippen LogP contribution in [0.15, 0.2) is 27.5 Å². The molecule has 0 saturated carbocycles. The molecule has 0 aromatic carbocycles. The molecule has 2 fully saturated rings. The number of rotatable bonds is 3. The highest BCUT2D eigenvalue weighted by atomic mass is 16.5. The van der Waals surface area contributed by atoms with Gasteiger partial charge in [-0.15, -0.1) is 0 Å². The van der Waals surface area contributed by atoms with E-state index in [1.807, 2.05) is 4.90 Å². The molecule has 0 spiro atoms. The minimum Gasteiger partial charge on any atom is -0.472 e. The second-order valence-electron chi connectivity index (χ2n) is 5.95. The van der Waals surface area contributed by atoms with Gasteiger partial charge in [-0.05, 0) is 19.4 Å². The van der Waals surface area contributed by atoms with Crippen LogP contribution >= 0.6 is 0 Å². The van der Waals surface area contributed by atoms with E-state index < -0.39 is 0 Å². The number of nitrogens with zero attached hydrogens (tertiary/aromatic N) is 3. The standard InChI is InChI=1S/C15H17N3O4/c1-9-16-14(22-17-9)5-12-4-11-6-18(7-13(11)21-12)15(19)10-2-3-20-8-10/h2-3,8,11-13H,4-7H2,1H3/t11-,12-,13+/m0/s1. The number of fused-ring (bicyclic) bond motifs is 1. The van der Waals surface area contributed by atoms with Crippen molar-refractivity contribution in [3.8, 4) is 0 Å². The molecule has 2 aromatic heterocycles. The summed E-state index contributed by atoms with van der Waals surface area (Å²) < 4.78 is 16.2. The summed E-state index contributed by atoms with van der Waals surface area (Å²) in [7, 11) is 0. The van der Waals surface area contributed by atoms with Crippen molar-refractivity contribution in [3.05, 3.63) is 35.9 Å². The van der Waals surface area contributed by atoms with Crippen molar-refractivity contribution in [2.75, 3.05) is 13.1 Å². The van der Waals surface area contributed by atoms with Gasteiger partial charge in [0.25, 0.3) is 5.91 Å². The fourth-order valence-corrected chi connectivity index (χ4v) is 3.35. The number of ether oxygens (including phenoxy) is 1. The van der Waals surface area contributed by atoms with Crippen molar-refractivity contribution in [1.29, 1.82) is 0 Å². The molecule has 2 aliphatic rings. The molecule has 2 aromatic rings. The van der Waals surface area contributed by atoms with Gasteiger partial charge >= 0.3 is 0 Å². The summed E-state index contributed by atoms with van der Waals surface area (Å²) in [6.45, 7) is 3.17. The molecular weight excluding hydrogens is 286 g/mol. The monoisotopic (exact) mass is 303 g/mol. The fraction of sp³-hybridized carbons (Fsp3) is 0.533. The summed E-state index contributed by atoms with van der Waals surface area (Å²) in [5, 5.41) is 3.79. The van der Waals surface area contributed by atoms with E-state index in [-0.39, 0.29) is 18.1 Å². The molecular formula is C15H17N3O4. The van der Waals surface area contributed by atoms with Gasteiger partial charge in [0.05, 0.1) is 30.5 Å². The first-order chi connectivity index (χ1) is 10.7. The van der Waals surface area contributed by atoms with Crippen LogP contribution in [0.25, 0.3) is 0 Å². The van der Waals surface area contributed by atoms with Crippen molar-refractivity contribution >= 4 is 5.91 Å². The molecule has 4 rings (SSSR count). The van der Waals surface area contributed by atoms with Crippen molar-refractivity contribution in [2.45, 2.75) is 32.0 Å². The first kappa shape index (κ1) is 13.5. The van der Waals surface area contributed by atoms with E-state index in [0.29, 0.717) is 36.2 Å². The maximum atomic E-state index is 12.3. The molecule has 4 heterocycles. The van der Waals surface area contributed by atoms with E-state index in [0.717, 1.165) is 13.0 Å². The number of carbonyl (C=O) groups excluding carboxylic acids is 1. The summed E-state index contributed by atoms with van der Waals surface area (Å²) in [5.74, 6) is 1.65. The molecule has 2 saturated heterocycles. The highest BCUT2D eigenvalue weighted by Crippen LogP contribution is 2.34. The molecule has 2 aliphatic heterocycles. The van der Waals surface area contributed by atoms with E-state index in [1.165, 1.54) is 12.5 Å². The van der Waals surface area contributed by atoms with E-state index >= 15 is 0 Å². The Kier molecular flexibility index (Phi) is 3.22. The predicted molar refractivity (Wildman–Crippen MR) is 74.1 cm³/mol. The van der Waals surface area contributed by atoms with E-state index in [1.54, 1.807) is 13.0 Å². The maximum Gasteiger partial charge on any atom is 0.257 e. The second kappa shape index (κ2) is 5.24. The zero-order valence-electron chi connectivity index (χ0n) is 12.3. The van der Waals surface area contributed by atoms with Crippen LogP contribution in [-0.4, -0.2) is 46.2 Å². The molecule has 0 radical (unpaired) electrons. The van der Waals surface area contributed by atoms with Crippen LogP contribution in [-0.2, 0) is 11.2 Å². The molecule has 7 heteroatoms. The summed E-state index contributed by atoms with van der Waals surface area (Å²) in [5.41, 5.74) is 0.595. The first-order valence-corrected chi connectivity index (χ1v) is 7.45. The van der Waals surface area contributed by atoms with Gasteiger partial charge in [-0.2, -0.15) is 4.98 Å². The van der Waals surface area contributed by atoms with Gasteiger partial charge in [0.2, 0.25) is 5.89 Å². The number of aromatic nitrogens is 2. The summed E-state index contributed by atoms with van der Waals surface area (Å²) in [4.78, 5) is 18.3. The Morgan fingerprint density at radius 1 is 1.45 bits per heavy atom. The van der Waals surface area contributed by atoms with Crippen molar-refractivity contribution < 1.29 is 18.5 Å². The van der Waals surface area contributed by atoms with Gasteiger partial charge in [0.15, 0.2) is 5.82 Å². The number of likely N-dealkylation sites (tertiary alicyclic amines) is 1. The largest absolute Gasteiger partial charge is 0.472 e. The SMILES string of the molecule is Cc1noc(C[C@@H]2C[C@H]3CN(C(=O)c4ccoc4)C[C@H]3O2)n1. The Morgan fingerprint density at radius 3 is 3.05 bits per heavy atom. The molecule has 3 atom stereocenters. The van der Waals surface area contributed by atoms with E-state index in [2.05, 4.69) is 10.1 Å². The van der Waals surface area contributed by atoms with Crippen molar-refractivity contribution in [2.24, 2.45) is 5.92 Å². The average molecular weight is 303 g/mol. The first-order valence-electron chi connectivity index (χ1n) is 7.45. The Labute approximate surface area is 127 Å². The van der Waals surface area contributed by atoms with E-state index in [9.17, 15) is 4.79 Å². The third-order valence-corrected chi connectivity index (χ3v) is 4.34. The Balaban J connectivity index is 1.35. The van der Waals surface area contributed by atoms with Crippen LogP contribution in [0, 0.1) is 12.8 Å². The summed E-state index contributed by atoms with van der Waals surface area (Å²) in [6.07, 6.45) is 4.76. The van der Waals surface area contributed by atoms with Crippen molar-refractivity contribution in [1.82, 2.24) is 15.0 Å². The van der Waals surface area contributed by atoms with Crippen molar-refractivity contribution in [3.63, 3.8) is 0 Å². The Morgan fingerprint density at radius 2 is 2.36 bits per heavy atom. The molecule has 116 valence electrons. The Hall–Kier alpha value is -2.15. The summed E-state index contributed by atoms with van der Waals surface area (Å²) in [6, 6.07) is 1.69. The molecule has 0 unspecified atom stereocenters. The zero-order chi connectivity index (χ0) is 15.1. The number of furan rings is 1.